The molecule has 0 spiro atoms. The van der Waals surface area contributed by atoms with Crippen molar-refractivity contribution in [2.45, 2.75) is 13.8 Å². The van der Waals surface area contributed by atoms with Crippen LogP contribution in [-0.2, 0) is 0 Å². The first kappa shape index (κ1) is 13.1. The quantitative estimate of drug-likeness (QED) is 0.721. The fraction of sp³-hybridized carbons (Fsp3) is 0.111. The molecule has 0 amide bonds. The molecule has 0 aliphatic carbocycles. The monoisotopic (exact) mass is 274 g/mol. The number of hydrogen-bond donors (Lipinski definition) is 1. The van der Waals surface area contributed by atoms with E-state index in [2.05, 4.69) is 11.1 Å². The molecular weight excluding hydrogens is 260 g/mol. The van der Waals surface area contributed by atoms with Crippen molar-refractivity contribution in [3.63, 3.8) is 0 Å². The molecular formula is C18H14N2O. The zero-order chi connectivity index (χ0) is 15.0. The fourth-order valence-electron chi connectivity index (χ4n) is 2.76. The van der Waals surface area contributed by atoms with E-state index < -0.39 is 0 Å². The molecule has 0 unspecified atom stereocenters. The van der Waals surface area contributed by atoms with E-state index in [4.69, 9.17) is 0 Å². The van der Waals surface area contributed by atoms with Gasteiger partial charge in [-0.3, -0.25) is 4.79 Å². The minimum atomic E-state index is -0.0421. The van der Waals surface area contributed by atoms with E-state index in [1.54, 1.807) is 12.3 Å². The smallest absolute Gasteiger partial charge is 0.195 e. The zero-order valence-electron chi connectivity index (χ0n) is 11.9. The number of H-pyrrole nitrogens is 1. The average Bonchev–Trinajstić information content (AvgIpc) is 2.90. The van der Waals surface area contributed by atoms with Crippen molar-refractivity contribution in [3.05, 3.63) is 70.4 Å². The highest BCUT2D eigenvalue weighted by molar-refractivity contribution is 6.18. The summed E-state index contributed by atoms with van der Waals surface area (Å²) in [6.45, 7) is 3.86. The van der Waals surface area contributed by atoms with E-state index in [0.717, 1.165) is 16.6 Å². The van der Waals surface area contributed by atoms with E-state index in [1.807, 2.05) is 44.2 Å². The molecule has 3 rings (SSSR count). The van der Waals surface area contributed by atoms with Crippen LogP contribution in [0.5, 0.6) is 0 Å². The SMILES string of the molecule is Cc1cccc(C)c1C(=O)c1c[nH]c2cccc(C#N)c12. The van der Waals surface area contributed by atoms with Crippen molar-refractivity contribution >= 4 is 16.7 Å². The highest BCUT2D eigenvalue weighted by Crippen LogP contribution is 2.26. The van der Waals surface area contributed by atoms with E-state index in [-0.39, 0.29) is 5.78 Å². The average molecular weight is 274 g/mol. The largest absolute Gasteiger partial charge is 0.360 e. The topological polar surface area (TPSA) is 56.6 Å². The van der Waals surface area contributed by atoms with Gasteiger partial charge in [0.05, 0.1) is 11.6 Å². The Balaban J connectivity index is 2.27. The maximum absolute atomic E-state index is 12.9. The number of aromatic amines is 1. The third kappa shape index (κ3) is 2.02. The fourth-order valence-corrected chi connectivity index (χ4v) is 2.76. The van der Waals surface area contributed by atoms with Gasteiger partial charge < -0.3 is 4.98 Å². The lowest BCUT2D eigenvalue weighted by Gasteiger charge is -2.08. The highest BCUT2D eigenvalue weighted by Gasteiger charge is 2.19. The standard InChI is InChI=1S/C18H14N2O/c1-11-5-3-6-12(2)16(11)18(21)14-10-20-15-8-4-7-13(9-19)17(14)15/h3-8,10,20H,1-2H3. The van der Waals surface area contributed by atoms with Crippen LogP contribution in [-0.4, -0.2) is 10.8 Å². The summed E-state index contributed by atoms with van der Waals surface area (Å²) in [5.41, 5.74) is 4.49. The van der Waals surface area contributed by atoms with Gasteiger partial charge in [0.1, 0.15) is 0 Å². The number of nitrogens with zero attached hydrogens (tertiary/aromatic N) is 1. The van der Waals surface area contributed by atoms with E-state index in [1.165, 1.54) is 0 Å². The van der Waals surface area contributed by atoms with Crippen molar-refractivity contribution in [1.29, 1.82) is 5.26 Å². The summed E-state index contributed by atoms with van der Waals surface area (Å²) in [5, 5.41) is 9.97. The number of ketones is 1. The number of carbonyl (C=O) groups is 1. The lowest BCUT2D eigenvalue weighted by molar-refractivity contribution is 0.103. The molecule has 0 radical (unpaired) electrons. The Hall–Kier alpha value is -2.86. The normalized spacial score (nSPS) is 10.5. The Morgan fingerprint density at radius 1 is 1.10 bits per heavy atom. The van der Waals surface area contributed by atoms with Crippen molar-refractivity contribution in [2.24, 2.45) is 0 Å². The van der Waals surface area contributed by atoms with E-state index in [9.17, 15) is 10.1 Å². The lowest BCUT2D eigenvalue weighted by atomic mass is 9.93. The van der Waals surface area contributed by atoms with E-state index >= 15 is 0 Å². The number of hydrogen-bond acceptors (Lipinski definition) is 2. The summed E-state index contributed by atoms with van der Waals surface area (Å²) in [7, 11) is 0. The van der Waals surface area contributed by atoms with Gasteiger partial charge in [-0.25, -0.2) is 0 Å². The molecule has 0 aliphatic rings. The van der Waals surface area contributed by atoms with Gasteiger partial charge in [-0.15, -0.1) is 0 Å². The summed E-state index contributed by atoms with van der Waals surface area (Å²) >= 11 is 0. The highest BCUT2D eigenvalue weighted by atomic mass is 16.1. The van der Waals surface area contributed by atoms with Crippen molar-refractivity contribution < 1.29 is 4.79 Å². The summed E-state index contributed by atoms with van der Waals surface area (Å²) < 4.78 is 0. The number of nitrogens with one attached hydrogen (secondary N) is 1. The molecule has 0 saturated heterocycles. The van der Waals surface area contributed by atoms with Gasteiger partial charge in [-0.1, -0.05) is 24.3 Å². The maximum Gasteiger partial charge on any atom is 0.195 e. The van der Waals surface area contributed by atoms with Crippen molar-refractivity contribution in [2.75, 3.05) is 0 Å². The molecule has 1 aromatic heterocycles. The van der Waals surface area contributed by atoms with Gasteiger partial charge >= 0.3 is 0 Å². The van der Waals surface area contributed by atoms with Crippen LogP contribution in [0.2, 0.25) is 0 Å². The van der Waals surface area contributed by atoms with Gasteiger partial charge in [-0.05, 0) is 37.1 Å². The predicted octanol–water partition coefficient (Wildman–Crippen LogP) is 3.89. The second-order valence-corrected chi connectivity index (χ2v) is 5.14. The van der Waals surface area contributed by atoms with Crippen LogP contribution in [0, 0.1) is 25.2 Å². The third-order valence-electron chi connectivity index (χ3n) is 3.78. The summed E-state index contributed by atoms with van der Waals surface area (Å²) in [6.07, 6.45) is 1.69. The molecule has 0 fully saturated rings. The van der Waals surface area contributed by atoms with Crippen molar-refractivity contribution in [3.8, 4) is 6.07 Å². The predicted molar refractivity (Wildman–Crippen MR) is 82.4 cm³/mol. The minimum Gasteiger partial charge on any atom is -0.360 e. The summed E-state index contributed by atoms with van der Waals surface area (Å²) in [6, 6.07) is 13.4. The molecule has 0 bridgehead atoms. The summed E-state index contributed by atoms with van der Waals surface area (Å²) in [5.74, 6) is -0.0421. The molecule has 2 aromatic carbocycles. The number of benzene rings is 2. The maximum atomic E-state index is 12.9. The van der Waals surface area contributed by atoms with Gasteiger partial charge in [0, 0.05) is 28.2 Å². The Morgan fingerprint density at radius 3 is 2.43 bits per heavy atom. The number of aryl methyl sites for hydroxylation is 2. The molecule has 1 heterocycles. The molecule has 1 N–H and O–H groups in total. The van der Waals surface area contributed by atoms with Crippen LogP contribution in [0.3, 0.4) is 0 Å². The van der Waals surface area contributed by atoms with Gasteiger partial charge in [0.15, 0.2) is 5.78 Å². The van der Waals surface area contributed by atoms with Crippen LogP contribution in [0.25, 0.3) is 10.9 Å². The zero-order valence-corrected chi connectivity index (χ0v) is 11.9. The second kappa shape index (κ2) is 4.92. The van der Waals surface area contributed by atoms with E-state index in [0.29, 0.717) is 22.1 Å². The molecule has 0 atom stereocenters. The number of nitriles is 1. The Labute approximate surface area is 122 Å². The molecule has 0 saturated carbocycles. The van der Waals surface area contributed by atoms with Gasteiger partial charge in [-0.2, -0.15) is 5.26 Å². The van der Waals surface area contributed by atoms with Crippen LogP contribution >= 0.6 is 0 Å². The van der Waals surface area contributed by atoms with Gasteiger partial charge in [0.2, 0.25) is 0 Å². The van der Waals surface area contributed by atoms with Crippen LogP contribution in [0.4, 0.5) is 0 Å². The van der Waals surface area contributed by atoms with Crippen LogP contribution in [0.15, 0.2) is 42.6 Å². The molecule has 3 heteroatoms. The first-order valence-corrected chi connectivity index (χ1v) is 6.74. The molecule has 21 heavy (non-hydrogen) atoms. The molecule has 102 valence electrons. The number of rotatable bonds is 2. The summed E-state index contributed by atoms with van der Waals surface area (Å²) in [4.78, 5) is 16.0. The molecule has 0 aliphatic heterocycles. The van der Waals surface area contributed by atoms with Crippen LogP contribution < -0.4 is 0 Å². The first-order chi connectivity index (χ1) is 10.1. The van der Waals surface area contributed by atoms with Gasteiger partial charge in [0.25, 0.3) is 0 Å². The van der Waals surface area contributed by atoms with Crippen molar-refractivity contribution in [1.82, 2.24) is 4.98 Å². The Kier molecular flexibility index (Phi) is 3.08. The third-order valence-corrected chi connectivity index (χ3v) is 3.78. The minimum absolute atomic E-state index is 0.0421. The Morgan fingerprint density at radius 2 is 1.76 bits per heavy atom. The number of aromatic nitrogens is 1. The Bertz CT molecular complexity index is 877. The lowest BCUT2D eigenvalue weighted by Crippen LogP contribution is -2.06. The molecule has 3 aromatic rings. The molecule has 3 nitrogen and oxygen atoms in total. The first-order valence-electron chi connectivity index (χ1n) is 6.74. The number of fused-ring (bicyclic) bond motifs is 1. The van der Waals surface area contributed by atoms with Crippen LogP contribution in [0.1, 0.15) is 32.6 Å². The number of carbonyl (C=O) groups excluding carboxylic acids is 1. The second-order valence-electron chi connectivity index (χ2n) is 5.14.